The first-order valence-corrected chi connectivity index (χ1v) is 6.55. The number of primary amides is 1. The minimum Gasteiger partial charge on any atom is -0.382 e. The van der Waals surface area contributed by atoms with Crippen LogP contribution in [0, 0.1) is 0 Å². The van der Waals surface area contributed by atoms with Crippen LogP contribution < -0.4 is 11.1 Å². The van der Waals surface area contributed by atoms with E-state index in [1.807, 2.05) is 0 Å². The van der Waals surface area contributed by atoms with Crippen LogP contribution >= 0.6 is 0 Å². The molecule has 1 rings (SSSR count). The van der Waals surface area contributed by atoms with Crippen LogP contribution in [0.5, 0.6) is 0 Å². The van der Waals surface area contributed by atoms with Crippen molar-refractivity contribution < 1.29 is 9.90 Å². The number of piperidine rings is 1. The molecule has 18 heavy (non-hydrogen) atoms. The van der Waals surface area contributed by atoms with Gasteiger partial charge in [0, 0.05) is 19.1 Å². The maximum absolute atomic E-state index is 10.7. The van der Waals surface area contributed by atoms with Gasteiger partial charge in [0.15, 0.2) is 0 Å². The third kappa shape index (κ3) is 5.62. The zero-order valence-electron chi connectivity index (χ0n) is 11.4. The summed E-state index contributed by atoms with van der Waals surface area (Å²) in [6.45, 7) is 7.59. The molecule has 5 heteroatoms. The maximum atomic E-state index is 10.7. The number of rotatable bonds is 6. The van der Waals surface area contributed by atoms with Gasteiger partial charge in [-0.1, -0.05) is 11.6 Å². The molecule has 1 atom stereocenters. The molecule has 1 unspecified atom stereocenters. The fourth-order valence-electron chi connectivity index (χ4n) is 2.01. The third-order valence-corrected chi connectivity index (χ3v) is 3.27. The molecular formula is C13H25N3O2. The number of nitrogens with one attached hydrogen (secondary N) is 1. The first-order chi connectivity index (χ1) is 8.49. The van der Waals surface area contributed by atoms with Gasteiger partial charge in [-0.2, -0.15) is 0 Å². The van der Waals surface area contributed by atoms with Gasteiger partial charge in [-0.15, -0.1) is 0 Å². The first kappa shape index (κ1) is 15.1. The van der Waals surface area contributed by atoms with Gasteiger partial charge in [0.05, 0.1) is 0 Å². The van der Waals surface area contributed by atoms with E-state index in [-0.39, 0.29) is 6.54 Å². The Bertz CT molecular complexity index is 293. The first-order valence-electron chi connectivity index (χ1n) is 6.55. The van der Waals surface area contributed by atoms with Crippen molar-refractivity contribution in [2.75, 3.05) is 26.2 Å². The second kappa shape index (κ2) is 7.51. The Morgan fingerprint density at radius 2 is 2.11 bits per heavy atom. The SMILES string of the molecule is CC(C)=CCN1CCC(NCC(O)C(N)=O)CC1. The Hall–Kier alpha value is -0.910. The molecule has 5 nitrogen and oxygen atoms in total. The predicted molar refractivity (Wildman–Crippen MR) is 72.1 cm³/mol. The molecule has 0 saturated carbocycles. The van der Waals surface area contributed by atoms with Gasteiger partial charge >= 0.3 is 0 Å². The Morgan fingerprint density at radius 3 is 2.61 bits per heavy atom. The second-order valence-corrected chi connectivity index (χ2v) is 5.18. The molecular weight excluding hydrogens is 230 g/mol. The van der Waals surface area contributed by atoms with Crippen molar-refractivity contribution in [1.82, 2.24) is 10.2 Å². The number of hydrogen-bond donors (Lipinski definition) is 3. The van der Waals surface area contributed by atoms with Gasteiger partial charge in [0.25, 0.3) is 0 Å². The lowest BCUT2D eigenvalue weighted by molar-refractivity contribution is -0.125. The average Bonchev–Trinajstić information content (AvgIpc) is 2.34. The number of carbonyl (C=O) groups excluding carboxylic acids is 1. The smallest absolute Gasteiger partial charge is 0.247 e. The van der Waals surface area contributed by atoms with Crippen LogP contribution in [0.3, 0.4) is 0 Å². The van der Waals surface area contributed by atoms with Gasteiger partial charge in [-0.3, -0.25) is 9.69 Å². The summed E-state index contributed by atoms with van der Waals surface area (Å²) >= 11 is 0. The number of hydrogen-bond acceptors (Lipinski definition) is 4. The normalized spacial score (nSPS) is 19.5. The number of aliphatic hydroxyl groups is 1. The van der Waals surface area contributed by atoms with Crippen molar-refractivity contribution in [2.24, 2.45) is 5.73 Å². The van der Waals surface area contributed by atoms with Crippen LogP contribution in [0.4, 0.5) is 0 Å². The number of aliphatic hydroxyl groups excluding tert-OH is 1. The summed E-state index contributed by atoms with van der Waals surface area (Å²) in [6.07, 6.45) is 3.25. The molecule has 0 aromatic carbocycles. The monoisotopic (exact) mass is 255 g/mol. The fraction of sp³-hybridized carbons (Fsp3) is 0.769. The lowest BCUT2D eigenvalue weighted by atomic mass is 10.0. The molecule has 1 fully saturated rings. The van der Waals surface area contributed by atoms with E-state index in [0.29, 0.717) is 6.04 Å². The van der Waals surface area contributed by atoms with Gasteiger partial charge in [-0.25, -0.2) is 0 Å². The zero-order chi connectivity index (χ0) is 13.5. The molecule has 0 bridgehead atoms. The van der Waals surface area contributed by atoms with Crippen molar-refractivity contribution in [3.05, 3.63) is 11.6 Å². The van der Waals surface area contributed by atoms with Crippen molar-refractivity contribution >= 4 is 5.91 Å². The molecule has 1 saturated heterocycles. The Balaban J connectivity index is 2.19. The average molecular weight is 255 g/mol. The standard InChI is InChI=1S/C13H25N3O2/c1-10(2)3-6-16-7-4-11(5-8-16)15-9-12(17)13(14)18/h3,11-12,15,17H,4-9H2,1-2H3,(H2,14,18). The van der Waals surface area contributed by atoms with Crippen LogP contribution in [0.1, 0.15) is 26.7 Å². The minimum absolute atomic E-state index is 0.258. The number of carbonyl (C=O) groups is 1. The lowest BCUT2D eigenvalue weighted by Gasteiger charge is -2.32. The topological polar surface area (TPSA) is 78.6 Å². The quantitative estimate of drug-likeness (QED) is 0.577. The van der Waals surface area contributed by atoms with Crippen molar-refractivity contribution in [1.29, 1.82) is 0 Å². The van der Waals surface area contributed by atoms with Crippen LogP contribution in [0.15, 0.2) is 11.6 Å². The number of nitrogens with zero attached hydrogens (tertiary/aromatic N) is 1. The van der Waals surface area contributed by atoms with E-state index in [1.165, 1.54) is 5.57 Å². The Morgan fingerprint density at radius 1 is 1.50 bits per heavy atom. The van der Waals surface area contributed by atoms with Crippen LogP contribution in [-0.2, 0) is 4.79 Å². The zero-order valence-corrected chi connectivity index (χ0v) is 11.4. The summed E-state index contributed by atoms with van der Waals surface area (Å²) in [5, 5.41) is 12.5. The van der Waals surface area contributed by atoms with E-state index in [0.717, 1.165) is 32.5 Å². The molecule has 1 heterocycles. The summed E-state index contributed by atoms with van der Waals surface area (Å²) in [5.74, 6) is -0.663. The van der Waals surface area contributed by atoms with E-state index < -0.39 is 12.0 Å². The van der Waals surface area contributed by atoms with Crippen LogP contribution in [-0.4, -0.2) is 54.2 Å². The molecule has 0 spiro atoms. The molecule has 1 amide bonds. The van der Waals surface area contributed by atoms with E-state index in [1.54, 1.807) is 0 Å². The maximum Gasteiger partial charge on any atom is 0.247 e. The number of allylic oxidation sites excluding steroid dienone is 1. The largest absolute Gasteiger partial charge is 0.382 e. The molecule has 0 aromatic rings. The molecule has 0 aromatic heterocycles. The van der Waals surface area contributed by atoms with Crippen molar-refractivity contribution in [2.45, 2.75) is 38.8 Å². The van der Waals surface area contributed by atoms with Crippen LogP contribution in [0.2, 0.25) is 0 Å². The number of amides is 1. The summed E-state index contributed by atoms with van der Waals surface area (Å²) in [6, 6.07) is 0.377. The predicted octanol–water partition coefficient (Wildman–Crippen LogP) is -0.147. The van der Waals surface area contributed by atoms with E-state index in [9.17, 15) is 9.90 Å². The summed E-state index contributed by atoms with van der Waals surface area (Å²) < 4.78 is 0. The highest BCUT2D eigenvalue weighted by Crippen LogP contribution is 2.10. The van der Waals surface area contributed by atoms with Gasteiger partial charge in [0.2, 0.25) is 5.91 Å². The summed E-state index contributed by atoms with van der Waals surface area (Å²) in [5.41, 5.74) is 6.34. The molecule has 1 aliphatic rings. The lowest BCUT2D eigenvalue weighted by Crippen LogP contribution is -2.46. The van der Waals surface area contributed by atoms with Gasteiger partial charge in [-0.05, 0) is 39.8 Å². The Labute approximate surface area is 109 Å². The summed E-state index contributed by atoms with van der Waals surface area (Å²) in [4.78, 5) is 13.1. The number of likely N-dealkylation sites (tertiary alicyclic amines) is 1. The molecule has 0 radical (unpaired) electrons. The van der Waals surface area contributed by atoms with Gasteiger partial charge < -0.3 is 16.2 Å². The molecule has 0 aliphatic carbocycles. The van der Waals surface area contributed by atoms with Crippen molar-refractivity contribution in [3.63, 3.8) is 0 Å². The highest BCUT2D eigenvalue weighted by Gasteiger charge is 2.19. The van der Waals surface area contributed by atoms with Crippen LogP contribution in [0.25, 0.3) is 0 Å². The highest BCUT2D eigenvalue weighted by atomic mass is 16.3. The van der Waals surface area contributed by atoms with Crippen molar-refractivity contribution in [3.8, 4) is 0 Å². The Kier molecular flexibility index (Phi) is 6.32. The minimum atomic E-state index is -1.08. The highest BCUT2D eigenvalue weighted by molar-refractivity contribution is 5.78. The summed E-state index contributed by atoms with van der Waals surface area (Å²) in [7, 11) is 0. The van der Waals surface area contributed by atoms with E-state index in [4.69, 9.17) is 5.73 Å². The van der Waals surface area contributed by atoms with E-state index in [2.05, 4.69) is 30.1 Å². The van der Waals surface area contributed by atoms with Gasteiger partial charge in [0.1, 0.15) is 6.10 Å². The number of nitrogens with two attached hydrogens (primary N) is 1. The van der Waals surface area contributed by atoms with E-state index >= 15 is 0 Å². The fourth-order valence-corrected chi connectivity index (χ4v) is 2.01. The third-order valence-electron chi connectivity index (χ3n) is 3.27. The molecule has 4 N–H and O–H groups in total. The second-order valence-electron chi connectivity index (χ2n) is 5.18. The molecule has 104 valence electrons. The molecule has 1 aliphatic heterocycles.